The second-order valence-electron chi connectivity index (χ2n) is 6.65. The van der Waals surface area contributed by atoms with Crippen molar-refractivity contribution in [1.29, 1.82) is 0 Å². The zero-order valence-corrected chi connectivity index (χ0v) is 15.1. The second-order valence-corrected chi connectivity index (χ2v) is 7.71. The zero-order valence-electron chi connectivity index (χ0n) is 14.3. The molecule has 2 heterocycles. The van der Waals surface area contributed by atoms with Gasteiger partial charge in [-0.2, -0.15) is 0 Å². The minimum absolute atomic E-state index is 0.111. The molecule has 0 bridgehead atoms. The Morgan fingerprint density at radius 3 is 3.00 bits per heavy atom. The van der Waals surface area contributed by atoms with Crippen LogP contribution in [0.5, 0.6) is 0 Å². The van der Waals surface area contributed by atoms with Crippen LogP contribution < -0.4 is 5.32 Å². The molecule has 6 heteroatoms. The number of likely N-dealkylation sites (tertiary alicyclic amines) is 1. The molecule has 2 aromatic carbocycles. The number of nitrogens with zero attached hydrogens (tertiary/aromatic N) is 2. The summed E-state index contributed by atoms with van der Waals surface area (Å²) < 4.78 is 14.4. The van der Waals surface area contributed by atoms with Crippen molar-refractivity contribution >= 4 is 33.1 Å². The maximum Gasteiger partial charge on any atom is 0.238 e. The van der Waals surface area contributed by atoms with Crippen LogP contribution in [-0.2, 0) is 4.79 Å². The highest BCUT2D eigenvalue weighted by atomic mass is 32.1. The predicted molar refractivity (Wildman–Crippen MR) is 103 cm³/mol. The highest BCUT2D eigenvalue weighted by molar-refractivity contribution is 7.18. The first kappa shape index (κ1) is 17.1. The normalized spacial score (nSPS) is 18.1. The van der Waals surface area contributed by atoms with Crippen LogP contribution in [0.1, 0.15) is 23.8 Å². The molecule has 0 spiro atoms. The third-order valence-corrected chi connectivity index (χ3v) is 5.84. The molecule has 1 aliphatic heterocycles. The molecule has 0 aliphatic carbocycles. The van der Waals surface area contributed by atoms with Crippen LogP contribution >= 0.6 is 11.3 Å². The SMILES string of the molecule is O=C(CN1CCC[C@H](c2nc3ccccc3s2)C1)Nc1cccc(F)c1. The van der Waals surface area contributed by atoms with Crippen LogP contribution in [0.15, 0.2) is 48.5 Å². The summed E-state index contributed by atoms with van der Waals surface area (Å²) in [6.45, 7) is 2.05. The van der Waals surface area contributed by atoms with E-state index >= 15 is 0 Å². The molecule has 3 aromatic rings. The molecule has 0 radical (unpaired) electrons. The topological polar surface area (TPSA) is 45.2 Å². The second kappa shape index (κ2) is 7.51. The summed E-state index contributed by atoms with van der Waals surface area (Å²) in [6.07, 6.45) is 2.15. The molecule has 1 atom stereocenters. The highest BCUT2D eigenvalue weighted by Crippen LogP contribution is 2.32. The molecule has 1 fully saturated rings. The van der Waals surface area contributed by atoms with Crippen molar-refractivity contribution in [1.82, 2.24) is 9.88 Å². The Kier molecular flexibility index (Phi) is 4.95. The summed E-state index contributed by atoms with van der Waals surface area (Å²) >= 11 is 1.75. The molecular weight excluding hydrogens is 349 g/mol. The van der Waals surface area contributed by atoms with E-state index in [1.165, 1.54) is 16.8 Å². The minimum Gasteiger partial charge on any atom is -0.325 e. The lowest BCUT2D eigenvalue weighted by molar-refractivity contribution is -0.117. The van der Waals surface area contributed by atoms with E-state index in [9.17, 15) is 9.18 Å². The maximum absolute atomic E-state index is 13.2. The van der Waals surface area contributed by atoms with Gasteiger partial charge in [0, 0.05) is 18.2 Å². The predicted octanol–water partition coefficient (Wildman–Crippen LogP) is 4.25. The summed E-state index contributed by atoms with van der Waals surface area (Å²) in [5.41, 5.74) is 1.54. The molecule has 1 aromatic heterocycles. The Balaban J connectivity index is 1.39. The number of aromatic nitrogens is 1. The number of para-hydroxylation sites is 1. The van der Waals surface area contributed by atoms with Gasteiger partial charge in [-0.25, -0.2) is 9.37 Å². The molecule has 4 nitrogen and oxygen atoms in total. The average Bonchev–Trinajstić information content (AvgIpc) is 3.06. The van der Waals surface area contributed by atoms with Crippen LogP contribution in [0.3, 0.4) is 0 Å². The van der Waals surface area contributed by atoms with Gasteiger partial charge in [0.1, 0.15) is 5.82 Å². The number of anilines is 1. The van der Waals surface area contributed by atoms with Crippen molar-refractivity contribution in [2.45, 2.75) is 18.8 Å². The monoisotopic (exact) mass is 369 g/mol. The number of carbonyl (C=O) groups is 1. The van der Waals surface area contributed by atoms with E-state index in [2.05, 4.69) is 16.3 Å². The zero-order chi connectivity index (χ0) is 17.9. The largest absolute Gasteiger partial charge is 0.325 e. The molecule has 1 aliphatic rings. The fourth-order valence-electron chi connectivity index (χ4n) is 3.44. The summed E-state index contributed by atoms with van der Waals surface area (Å²) in [7, 11) is 0. The fraction of sp³-hybridized carbons (Fsp3) is 0.300. The van der Waals surface area contributed by atoms with Gasteiger partial charge in [0.15, 0.2) is 0 Å². The third kappa shape index (κ3) is 3.92. The minimum atomic E-state index is -0.350. The van der Waals surface area contributed by atoms with Crippen molar-refractivity contribution in [3.63, 3.8) is 0 Å². The van der Waals surface area contributed by atoms with Gasteiger partial charge in [0.2, 0.25) is 5.91 Å². The highest BCUT2D eigenvalue weighted by Gasteiger charge is 2.25. The Labute approximate surface area is 155 Å². The molecule has 1 N–H and O–H groups in total. The first-order valence-corrected chi connectivity index (χ1v) is 9.62. The number of hydrogen-bond acceptors (Lipinski definition) is 4. The van der Waals surface area contributed by atoms with Gasteiger partial charge in [-0.05, 0) is 49.7 Å². The van der Waals surface area contributed by atoms with E-state index < -0.39 is 0 Å². The average molecular weight is 369 g/mol. The van der Waals surface area contributed by atoms with Crippen molar-refractivity contribution in [3.8, 4) is 0 Å². The van der Waals surface area contributed by atoms with Crippen LogP contribution in [0.4, 0.5) is 10.1 Å². The van der Waals surface area contributed by atoms with Crippen LogP contribution in [0.2, 0.25) is 0 Å². The molecular formula is C20H20FN3OS. The number of carbonyl (C=O) groups excluding carboxylic acids is 1. The molecule has 4 rings (SSSR count). The number of nitrogens with one attached hydrogen (secondary N) is 1. The number of fused-ring (bicyclic) bond motifs is 1. The molecule has 0 unspecified atom stereocenters. The van der Waals surface area contributed by atoms with Gasteiger partial charge < -0.3 is 5.32 Å². The number of benzene rings is 2. The molecule has 26 heavy (non-hydrogen) atoms. The van der Waals surface area contributed by atoms with Gasteiger partial charge in [0.05, 0.1) is 21.8 Å². The van der Waals surface area contributed by atoms with Crippen molar-refractivity contribution < 1.29 is 9.18 Å². The Morgan fingerprint density at radius 1 is 1.27 bits per heavy atom. The maximum atomic E-state index is 13.2. The number of halogens is 1. The number of rotatable bonds is 4. The van der Waals surface area contributed by atoms with E-state index in [-0.39, 0.29) is 11.7 Å². The third-order valence-electron chi connectivity index (χ3n) is 4.64. The lowest BCUT2D eigenvalue weighted by atomic mass is 9.99. The number of hydrogen-bond donors (Lipinski definition) is 1. The van der Waals surface area contributed by atoms with Crippen LogP contribution in [-0.4, -0.2) is 35.4 Å². The Morgan fingerprint density at radius 2 is 2.15 bits per heavy atom. The lowest BCUT2D eigenvalue weighted by Gasteiger charge is -2.31. The van der Waals surface area contributed by atoms with Crippen LogP contribution in [0, 0.1) is 5.82 Å². The van der Waals surface area contributed by atoms with E-state index in [1.54, 1.807) is 23.5 Å². The van der Waals surface area contributed by atoms with Gasteiger partial charge in [-0.1, -0.05) is 18.2 Å². The van der Waals surface area contributed by atoms with Crippen LogP contribution in [0.25, 0.3) is 10.2 Å². The van der Waals surface area contributed by atoms with E-state index in [1.807, 2.05) is 18.2 Å². The van der Waals surface area contributed by atoms with Crippen molar-refractivity contribution in [2.24, 2.45) is 0 Å². The Hall–Kier alpha value is -2.31. The Bertz CT molecular complexity index is 893. The first-order valence-electron chi connectivity index (χ1n) is 8.80. The fourth-order valence-corrected chi connectivity index (χ4v) is 4.53. The molecule has 0 saturated carbocycles. The first-order chi connectivity index (χ1) is 12.7. The van der Waals surface area contributed by atoms with Crippen molar-refractivity contribution in [2.75, 3.05) is 25.0 Å². The number of piperidine rings is 1. The van der Waals surface area contributed by atoms with E-state index in [4.69, 9.17) is 4.98 Å². The quantitative estimate of drug-likeness (QED) is 0.748. The van der Waals surface area contributed by atoms with Gasteiger partial charge in [0.25, 0.3) is 0 Å². The van der Waals surface area contributed by atoms with Gasteiger partial charge in [-0.3, -0.25) is 9.69 Å². The summed E-state index contributed by atoms with van der Waals surface area (Å²) in [6, 6.07) is 14.2. The molecule has 1 saturated heterocycles. The molecule has 134 valence electrons. The number of amides is 1. The standard InChI is InChI=1S/C20H20FN3OS/c21-15-6-3-7-16(11-15)22-19(25)13-24-10-4-5-14(12-24)20-23-17-8-1-2-9-18(17)26-20/h1-3,6-9,11,14H,4-5,10,12-13H2,(H,22,25)/t14-/m0/s1. The summed E-state index contributed by atoms with van der Waals surface area (Å²) in [5.74, 6) is -0.0969. The number of thiazole rings is 1. The van der Waals surface area contributed by atoms with Gasteiger partial charge >= 0.3 is 0 Å². The van der Waals surface area contributed by atoms with Crippen molar-refractivity contribution in [3.05, 3.63) is 59.4 Å². The van der Waals surface area contributed by atoms with E-state index in [0.717, 1.165) is 36.5 Å². The summed E-state index contributed by atoms with van der Waals surface area (Å²) in [4.78, 5) is 19.2. The smallest absolute Gasteiger partial charge is 0.238 e. The van der Waals surface area contributed by atoms with E-state index in [0.29, 0.717) is 18.2 Å². The molecule has 1 amide bonds. The lowest BCUT2D eigenvalue weighted by Crippen LogP contribution is -2.39. The summed E-state index contributed by atoms with van der Waals surface area (Å²) in [5, 5.41) is 3.93. The van der Waals surface area contributed by atoms with Gasteiger partial charge in [-0.15, -0.1) is 11.3 Å².